The van der Waals surface area contributed by atoms with E-state index >= 15 is 0 Å². The van der Waals surface area contributed by atoms with Gasteiger partial charge in [-0.05, 0) is 31.6 Å². The maximum absolute atomic E-state index is 4.22. The van der Waals surface area contributed by atoms with E-state index in [2.05, 4.69) is 37.4 Å². The molecule has 1 heterocycles. The molecule has 0 aliphatic heterocycles. The Kier molecular flexibility index (Phi) is 3.33. The third-order valence-electron chi connectivity index (χ3n) is 4.15. The second kappa shape index (κ2) is 4.58. The Balaban J connectivity index is 1.95. The van der Waals surface area contributed by atoms with Gasteiger partial charge >= 0.3 is 0 Å². The van der Waals surface area contributed by atoms with Crippen LogP contribution in [0.2, 0.25) is 0 Å². The smallest absolute Gasteiger partial charge is 0.0537 e. The number of hydrogen-bond donors (Lipinski definition) is 1. The molecule has 2 rings (SSSR count). The van der Waals surface area contributed by atoms with E-state index in [1.54, 1.807) is 0 Å². The molecule has 1 aliphatic carbocycles. The summed E-state index contributed by atoms with van der Waals surface area (Å²) in [5.41, 5.74) is 1.29. The lowest BCUT2D eigenvalue weighted by atomic mass is 9.97. The van der Waals surface area contributed by atoms with Gasteiger partial charge in [0.2, 0.25) is 0 Å². The van der Waals surface area contributed by atoms with Crippen LogP contribution in [0.3, 0.4) is 0 Å². The number of nitrogens with zero attached hydrogens (tertiary/aromatic N) is 2. The van der Waals surface area contributed by atoms with Crippen LogP contribution in [0.15, 0.2) is 12.4 Å². The summed E-state index contributed by atoms with van der Waals surface area (Å²) in [7, 11) is 1.97. The van der Waals surface area contributed by atoms with Gasteiger partial charge in [-0.25, -0.2) is 0 Å². The molecular formula is C13H23N3. The standard InChI is InChI=1S/C13H23N3/c1-9-5-6-13(10(9)2)15-11(3)12-7-14-16(4)8-12/h7-11,13,15H,5-6H2,1-4H3. The van der Waals surface area contributed by atoms with Crippen molar-refractivity contribution in [3.63, 3.8) is 0 Å². The third-order valence-corrected chi connectivity index (χ3v) is 4.15. The Bertz CT molecular complexity index is 345. The highest BCUT2D eigenvalue weighted by Gasteiger charge is 2.30. The van der Waals surface area contributed by atoms with Crippen molar-refractivity contribution >= 4 is 0 Å². The molecule has 0 amide bonds. The summed E-state index contributed by atoms with van der Waals surface area (Å²) in [5.74, 6) is 1.65. The highest BCUT2D eigenvalue weighted by atomic mass is 15.2. The average Bonchev–Trinajstić information content (AvgIpc) is 2.79. The van der Waals surface area contributed by atoms with Crippen LogP contribution in [0, 0.1) is 11.8 Å². The lowest BCUT2D eigenvalue weighted by Gasteiger charge is -2.23. The van der Waals surface area contributed by atoms with E-state index in [0.29, 0.717) is 12.1 Å². The molecule has 4 atom stereocenters. The lowest BCUT2D eigenvalue weighted by molar-refractivity contribution is 0.347. The summed E-state index contributed by atoms with van der Waals surface area (Å²) in [5, 5.41) is 7.96. The van der Waals surface area contributed by atoms with Crippen molar-refractivity contribution in [1.29, 1.82) is 0 Å². The van der Waals surface area contributed by atoms with E-state index in [0.717, 1.165) is 11.8 Å². The van der Waals surface area contributed by atoms with E-state index < -0.39 is 0 Å². The largest absolute Gasteiger partial charge is 0.307 e. The van der Waals surface area contributed by atoms with Crippen LogP contribution in [0.25, 0.3) is 0 Å². The van der Waals surface area contributed by atoms with Crippen LogP contribution < -0.4 is 5.32 Å². The summed E-state index contributed by atoms with van der Waals surface area (Å²) >= 11 is 0. The summed E-state index contributed by atoms with van der Waals surface area (Å²) < 4.78 is 1.87. The molecular weight excluding hydrogens is 198 g/mol. The first-order chi connectivity index (χ1) is 7.58. The van der Waals surface area contributed by atoms with Gasteiger partial charge in [-0.1, -0.05) is 13.8 Å². The number of nitrogens with one attached hydrogen (secondary N) is 1. The zero-order valence-electron chi connectivity index (χ0n) is 10.8. The Morgan fingerprint density at radius 3 is 2.69 bits per heavy atom. The first-order valence-corrected chi connectivity index (χ1v) is 6.32. The summed E-state index contributed by atoms with van der Waals surface area (Å²) in [6, 6.07) is 1.08. The van der Waals surface area contributed by atoms with Gasteiger partial charge < -0.3 is 5.32 Å². The SMILES string of the molecule is CC(NC1CCC(C)C1C)c1cnn(C)c1. The Labute approximate surface area is 98.2 Å². The Morgan fingerprint density at radius 2 is 2.19 bits per heavy atom. The quantitative estimate of drug-likeness (QED) is 0.850. The van der Waals surface area contributed by atoms with Crippen molar-refractivity contribution in [2.45, 2.75) is 45.7 Å². The molecule has 90 valence electrons. The van der Waals surface area contributed by atoms with Crippen LogP contribution in [0.4, 0.5) is 0 Å². The van der Waals surface area contributed by atoms with Crippen LogP contribution in [0.5, 0.6) is 0 Å². The van der Waals surface area contributed by atoms with E-state index in [1.807, 2.05) is 17.9 Å². The van der Waals surface area contributed by atoms with Gasteiger partial charge in [-0.15, -0.1) is 0 Å². The topological polar surface area (TPSA) is 29.9 Å². The van der Waals surface area contributed by atoms with Crippen molar-refractivity contribution in [1.82, 2.24) is 15.1 Å². The first-order valence-electron chi connectivity index (χ1n) is 6.32. The Hall–Kier alpha value is -0.830. The highest BCUT2D eigenvalue weighted by Crippen LogP contribution is 2.32. The van der Waals surface area contributed by atoms with Gasteiger partial charge in [0, 0.05) is 30.9 Å². The predicted octanol–water partition coefficient (Wildman–Crippen LogP) is 2.51. The molecule has 1 aromatic rings. The van der Waals surface area contributed by atoms with Crippen molar-refractivity contribution < 1.29 is 0 Å². The van der Waals surface area contributed by atoms with Gasteiger partial charge in [0.25, 0.3) is 0 Å². The molecule has 16 heavy (non-hydrogen) atoms. The molecule has 0 spiro atoms. The molecule has 0 bridgehead atoms. The number of aryl methyl sites for hydroxylation is 1. The summed E-state index contributed by atoms with van der Waals surface area (Å²) in [6.07, 6.45) is 6.73. The average molecular weight is 221 g/mol. The molecule has 0 radical (unpaired) electrons. The predicted molar refractivity (Wildman–Crippen MR) is 66.1 cm³/mol. The van der Waals surface area contributed by atoms with Crippen molar-refractivity contribution in [3.05, 3.63) is 18.0 Å². The summed E-state index contributed by atoms with van der Waals surface area (Å²) in [4.78, 5) is 0. The van der Waals surface area contributed by atoms with Gasteiger partial charge in [-0.2, -0.15) is 5.10 Å². The van der Waals surface area contributed by atoms with E-state index in [4.69, 9.17) is 0 Å². The van der Waals surface area contributed by atoms with Gasteiger partial charge in [0.1, 0.15) is 0 Å². The van der Waals surface area contributed by atoms with Gasteiger partial charge in [0.15, 0.2) is 0 Å². The van der Waals surface area contributed by atoms with Crippen molar-refractivity contribution in [2.75, 3.05) is 0 Å². The monoisotopic (exact) mass is 221 g/mol. The van der Waals surface area contributed by atoms with E-state index in [1.165, 1.54) is 18.4 Å². The minimum Gasteiger partial charge on any atom is -0.307 e. The lowest BCUT2D eigenvalue weighted by Crippen LogP contribution is -2.34. The minimum absolute atomic E-state index is 0.409. The molecule has 3 heteroatoms. The maximum atomic E-state index is 4.22. The van der Waals surface area contributed by atoms with Crippen molar-refractivity contribution in [3.8, 4) is 0 Å². The summed E-state index contributed by atoms with van der Waals surface area (Å²) in [6.45, 7) is 6.96. The second-order valence-corrected chi connectivity index (χ2v) is 5.36. The molecule has 3 nitrogen and oxygen atoms in total. The second-order valence-electron chi connectivity index (χ2n) is 5.36. The van der Waals surface area contributed by atoms with E-state index in [9.17, 15) is 0 Å². The first kappa shape index (κ1) is 11.6. The van der Waals surface area contributed by atoms with Crippen molar-refractivity contribution in [2.24, 2.45) is 18.9 Å². The van der Waals surface area contributed by atoms with Crippen LogP contribution in [-0.2, 0) is 7.05 Å². The number of rotatable bonds is 3. The normalized spacial score (nSPS) is 31.9. The van der Waals surface area contributed by atoms with Crippen LogP contribution in [0.1, 0.15) is 45.2 Å². The molecule has 1 N–H and O–H groups in total. The fourth-order valence-corrected chi connectivity index (χ4v) is 2.68. The molecule has 0 aromatic carbocycles. The highest BCUT2D eigenvalue weighted by molar-refractivity contribution is 5.09. The molecule has 1 aliphatic rings. The van der Waals surface area contributed by atoms with Gasteiger partial charge in [-0.3, -0.25) is 4.68 Å². The minimum atomic E-state index is 0.409. The zero-order valence-corrected chi connectivity index (χ0v) is 10.8. The maximum Gasteiger partial charge on any atom is 0.0537 e. The molecule has 1 aromatic heterocycles. The van der Waals surface area contributed by atoms with Crippen LogP contribution >= 0.6 is 0 Å². The third kappa shape index (κ3) is 2.29. The molecule has 1 fully saturated rings. The molecule has 4 unspecified atom stereocenters. The van der Waals surface area contributed by atoms with E-state index in [-0.39, 0.29) is 0 Å². The number of hydrogen-bond acceptors (Lipinski definition) is 2. The molecule has 1 saturated carbocycles. The zero-order chi connectivity index (χ0) is 11.7. The van der Waals surface area contributed by atoms with Crippen LogP contribution in [-0.4, -0.2) is 15.8 Å². The fraction of sp³-hybridized carbons (Fsp3) is 0.769. The van der Waals surface area contributed by atoms with Gasteiger partial charge in [0.05, 0.1) is 6.20 Å². The fourth-order valence-electron chi connectivity index (χ4n) is 2.68. The Morgan fingerprint density at radius 1 is 1.44 bits per heavy atom. The number of aromatic nitrogens is 2. The molecule has 0 saturated heterocycles.